The van der Waals surface area contributed by atoms with Crippen molar-refractivity contribution in [2.75, 3.05) is 7.05 Å². The summed E-state index contributed by atoms with van der Waals surface area (Å²) in [6.45, 7) is 0.193. The molecule has 0 saturated carbocycles. The largest absolute Gasteiger partial charge is 0.260 e. The van der Waals surface area contributed by atoms with Gasteiger partial charge in [0.25, 0.3) is 0 Å². The molecule has 0 aliphatic carbocycles. The Labute approximate surface area is 133 Å². The van der Waals surface area contributed by atoms with Crippen molar-refractivity contribution >= 4 is 10.0 Å². The fourth-order valence-electron chi connectivity index (χ4n) is 2.05. The molecule has 0 atom stereocenters. The first kappa shape index (κ1) is 15.3. The van der Waals surface area contributed by atoms with Crippen LogP contribution in [-0.2, 0) is 16.6 Å². The van der Waals surface area contributed by atoms with Gasteiger partial charge in [-0.3, -0.25) is 4.98 Å². The van der Waals surface area contributed by atoms with Gasteiger partial charge in [0.2, 0.25) is 10.0 Å². The smallest absolute Gasteiger partial charge is 0.243 e. The van der Waals surface area contributed by atoms with Crippen LogP contribution in [0.5, 0.6) is 0 Å². The van der Waals surface area contributed by atoms with Crippen LogP contribution >= 0.6 is 0 Å². The van der Waals surface area contributed by atoms with Crippen molar-refractivity contribution < 1.29 is 8.42 Å². The summed E-state index contributed by atoms with van der Waals surface area (Å²) in [5, 5.41) is 10.9. The second-order valence-electron chi connectivity index (χ2n) is 4.83. The molecule has 1 aromatic carbocycles. The zero-order chi connectivity index (χ0) is 16.3. The van der Waals surface area contributed by atoms with Gasteiger partial charge in [-0.15, -0.1) is 5.10 Å². The molecular formula is C14H14N6O2S. The maximum Gasteiger partial charge on any atom is 0.243 e. The molecule has 9 heteroatoms. The lowest BCUT2D eigenvalue weighted by Gasteiger charge is -2.17. The number of pyridine rings is 1. The van der Waals surface area contributed by atoms with Crippen molar-refractivity contribution in [3.8, 4) is 5.69 Å². The highest BCUT2D eigenvalue weighted by molar-refractivity contribution is 7.89. The average Bonchev–Trinajstić information content (AvgIpc) is 3.10. The third-order valence-corrected chi connectivity index (χ3v) is 5.05. The van der Waals surface area contributed by atoms with Gasteiger partial charge in [0.05, 0.1) is 22.8 Å². The monoisotopic (exact) mass is 330 g/mol. The summed E-state index contributed by atoms with van der Waals surface area (Å²) in [7, 11) is -2.12. The molecule has 3 aromatic rings. The first-order valence-corrected chi connectivity index (χ1v) is 8.21. The lowest BCUT2D eigenvalue weighted by Crippen LogP contribution is -2.27. The minimum absolute atomic E-state index is 0.170. The molecule has 0 aliphatic rings. The summed E-state index contributed by atoms with van der Waals surface area (Å²) in [5.41, 5.74) is 1.25. The molecule has 0 unspecified atom stereocenters. The molecule has 0 amide bonds. The molecular weight excluding hydrogens is 316 g/mol. The number of aromatic nitrogens is 5. The molecule has 0 aliphatic heterocycles. The van der Waals surface area contributed by atoms with Gasteiger partial charge in [0.1, 0.15) is 6.33 Å². The van der Waals surface area contributed by atoms with Gasteiger partial charge in [0.15, 0.2) is 0 Å². The van der Waals surface area contributed by atoms with Gasteiger partial charge in [0, 0.05) is 13.2 Å². The van der Waals surface area contributed by atoms with E-state index in [1.807, 2.05) is 6.07 Å². The van der Waals surface area contributed by atoms with E-state index in [4.69, 9.17) is 0 Å². The van der Waals surface area contributed by atoms with E-state index in [2.05, 4.69) is 20.5 Å². The Bertz CT molecular complexity index is 881. The Kier molecular flexibility index (Phi) is 4.13. The predicted molar refractivity (Wildman–Crippen MR) is 82.0 cm³/mol. The number of hydrogen-bond donors (Lipinski definition) is 0. The van der Waals surface area contributed by atoms with Crippen LogP contribution in [-0.4, -0.2) is 45.0 Å². The first-order chi connectivity index (χ1) is 11.1. The van der Waals surface area contributed by atoms with Crippen molar-refractivity contribution in [2.45, 2.75) is 11.4 Å². The van der Waals surface area contributed by atoms with Crippen LogP contribution in [0.15, 0.2) is 59.9 Å². The van der Waals surface area contributed by atoms with Gasteiger partial charge in [-0.1, -0.05) is 12.1 Å². The van der Waals surface area contributed by atoms with Gasteiger partial charge in [-0.2, -0.15) is 4.31 Å². The number of rotatable bonds is 5. The minimum atomic E-state index is -3.64. The predicted octanol–water partition coefficient (Wildman–Crippen LogP) is 0.878. The summed E-state index contributed by atoms with van der Waals surface area (Å²) in [5.74, 6) is 0. The molecule has 8 nitrogen and oxygen atoms in total. The van der Waals surface area contributed by atoms with Crippen LogP contribution in [0.1, 0.15) is 5.69 Å². The Balaban J connectivity index is 1.89. The van der Waals surface area contributed by atoms with Gasteiger partial charge < -0.3 is 0 Å². The summed E-state index contributed by atoms with van der Waals surface area (Å²) < 4.78 is 28.0. The van der Waals surface area contributed by atoms with E-state index in [1.54, 1.807) is 30.5 Å². The maximum absolute atomic E-state index is 12.7. The number of benzene rings is 1. The molecule has 0 saturated heterocycles. The van der Waals surface area contributed by atoms with Gasteiger partial charge >= 0.3 is 0 Å². The van der Waals surface area contributed by atoms with Crippen LogP contribution in [0.4, 0.5) is 0 Å². The van der Waals surface area contributed by atoms with E-state index in [0.717, 1.165) is 0 Å². The Morgan fingerprint density at radius 2 is 2.04 bits per heavy atom. The standard InChI is InChI=1S/C14H14N6O2S/c1-19(10-12-5-2-3-8-15-12)23(21,22)14-7-4-6-13(9-14)20-11-16-17-18-20/h2-9,11H,10H2,1H3. The van der Waals surface area contributed by atoms with Crippen LogP contribution in [0.3, 0.4) is 0 Å². The number of sulfonamides is 1. The Morgan fingerprint density at radius 3 is 2.74 bits per heavy atom. The van der Waals surface area contributed by atoms with Crippen LogP contribution < -0.4 is 0 Å². The highest BCUT2D eigenvalue weighted by Crippen LogP contribution is 2.18. The van der Waals surface area contributed by atoms with Crippen molar-refractivity contribution in [2.24, 2.45) is 0 Å². The summed E-state index contributed by atoms with van der Waals surface area (Å²) in [4.78, 5) is 4.32. The molecule has 0 fully saturated rings. The fourth-order valence-corrected chi connectivity index (χ4v) is 3.23. The lowest BCUT2D eigenvalue weighted by molar-refractivity contribution is 0.462. The van der Waals surface area contributed by atoms with E-state index in [9.17, 15) is 8.42 Å². The molecule has 0 bridgehead atoms. The highest BCUT2D eigenvalue weighted by Gasteiger charge is 2.21. The van der Waals surface area contributed by atoms with Crippen LogP contribution in [0, 0.1) is 0 Å². The molecule has 2 heterocycles. The van der Waals surface area contributed by atoms with E-state index in [-0.39, 0.29) is 11.4 Å². The van der Waals surface area contributed by atoms with E-state index >= 15 is 0 Å². The molecule has 3 rings (SSSR count). The minimum Gasteiger partial charge on any atom is -0.260 e. The molecule has 118 valence electrons. The highest BCUT2D eigenvalue weighted by atomic mass is 32.2. The topological polar surface area (TPSA) is 93.9 Å². The third-order valence-electron chi connectivity index (χ3n) is 3.25. The van der Waals surface area contributed by atoms with Gasteiger partial charge in [-0.05, 0) is 40.8 Å². The summed E-state index contributed by atoms with van der Waals surface area (Å²) in [6.07, 6.45) is 3.04. The first-order valence-electron chi connectivity index (χ1n) is 6.77. The number of nitrogens with zero attached hydrogens (tertiary/aromatic N) is 6. The molecule has 0 N–H and O–H groups in total. The summed E-state index contributed by atoms with van der Waals surface area (Å²) >= 11 is 0. The second-order valence-corrected chi connectivity index (χ2v) is 6.88. The fraction of sp³-hybridized carbons (Fsp3) is 0.143. The van der Waals surface area contributed by atoms with Crippen molar-refractivity contribution in [3.63, 3.8) is 0 Å². The number of hydrogen-bond acceptors (Lipinski definition) is 6. The lowest BCUT2D eigenvalue weighted by atomic mass is 10.3. The third kappa shape index (κ3) is 3.25. The van der Waals surface area contributed by atoms with Crippen LogP contribution in [0.25, 0.3) is 5.69 Å². The zero-order valence-electron chi connectivity index (χ0n) is 12.3. The number of tetrazole rings is 1. The van der Waals surface area contributed by atoms with Crippen LogP contribution in [0.2, 0.25) is 0 Å². The van der Waals surface area contributed by atoms with E-state index in [0.29, 0.717) is 11.4 Å². The molecule has 2 aromatic heterocycles. The maximum atomic E-state index is 12.7. The van der Waals surface area contributed by atoms with Crippen molar-refractivity contribution in [1.82, 2.24) is 29.5 Å². The Morgan fingerprint density at radius 1 is 1.17 bits per heavy atom. The van der Waals surface area contributed by atoms with E-state index in [1.165, 1.54) is 34.5 Å². The van der Waals surface area contributed by atoms with Crippen molar-refractivity contribution in [3.05, 3.63) is 60.7 Å². The summed E-state index contributed by atoms with van der Waals surface area (Å²) in [6, 6.07) is 11.8. The normalized spacial score (nSPS) is 11.7. The zero-order valence-corrected chi connectivity index (χ0v) is 13.1. The Hall–Kier alpha value is -2.65. The average molecular weight is 330 g/mol. The second kappa shape index (κ2) is 6.23. The molecule has 0 spiro atoms. The SMILES string of the molecule is CN(Cc1ccccn1)S(=O)(=O)c1cccc(-n2cnnn2)c1. The molecule has 23 heavy (non-hydrogen) atoms. The quantitative estimate of drug-likeness (QED) is 0.689. The molecule has 0 radical (unpaired) electrons. The van der Waals surface area contributed by atoms with Crippen molar-refractivity contribution in [1.29, 1.82) is 0 Å². The van der Waals surface area contributed by atoms with Gasteiger partial charge in [-0.25, -0.2) is 13.1 Å². The van der Waals surface area contributed by atoms with E-state index < -0.39 is 10.0 Å².